The zero-order chi connectivity index (χ0) is 16.9. The van der Waals surface area contributed by atoms with Gasteiger partial charge in [-0.25, -0.2) is 0 Å². The molecule has 0 aliphatic heterocycles. The highest BCUT2D eigenvalue weighted by molar-refractivity contribution is 6.31. The molecule has 1 aromatic rings. The lowest BCUT2D eigenvalue weighted by molar-refractivity contribution is -0.862. The molecular formula is C13H18ClN4O4+. The number of nitrogens with zero attached hydrogens (tertiary/aromatic N) is 2. The van der Waals surface area contributed by atoms with E-state index in [2.05, 4.69) is 5.32 Å². The van der Waals surface area contributed by atoms with Crippen LogP contribution in [-0.4, -0.2) is 55.9 Å². The number of nitro groups is 1. The number of rotatable bonds is 6. The maximum absolute atomic E-state index is 11.9. The Balaban J connectivity index is 2.71. The van der Waals surface area contributed by atoms with Gasteiger partial charge in [0.1, 0.15) is 5.69 Å². The summed E-state index contributed by atoms with van der Waals surface area (Å²) in [6.07, 6.45) is 0. The molecule has 120 valence electrons. The van der Waals surface area contributed by atoms with Crippen molar-refractivity contribution in [2.45, 2.75) is 0 Å². The molecule has 2 amide bonds. The van der Waals surface area contributed by atoms with Crippen LogP contribution in [0.3, 0.4) is 0 Å². The second-order valence-electron chi connectivity index (χ2n) is 5.07. The van der Waals surface area contributed by atoms with Crippen molar-refractivity contribution in [2.75, 3.05) is 39.5 Å². The van der Waals surface area contributed by atoms with Gasteiger partial charge in [-0.3, -0.25) is 19.7 Å². The highest BCUT2D eigenvalue weighted by atomic mass is 35.5. The summed E-state index contributed by atoms with van der Waals surface area (Å²) < 4.78 is 0. The average Bonchev–Trinajstić information content (AvgIpc) is 2.37. The monoisotopic (exact) mass is 329 g/mol. The molecule has 0 heterocycles. The lowest BCUT2D eigenvalue weighted by Gasteiger charge is -2.16. The van der Waals surface area contributed by atoms with Crippen molar-refractivity contribution in [1.82, 2.24) is 4.90 Å². The van der Waals surface area contributed by atoms with Crippen molar-refractivity contribution in [3.63, 3.8) is 0 Å². The first-order valence-corrected chi connectivity index (χ1v) is 6.83. The Morgan fingerprint density at radius 2 is 2.00 bits per heavy atom. The highest BCUT2D eigenvalue weighted by Crippen LogP contribution is 2.27. The molecule has 1 unspecified atom stereocenters. The zero-order valence-corrected chi connectivity index (χ0v) is 13.3. The molecule has 22 heavy (non-hydrogen) atoms. The number of halogens is 1. The van der Waals surface area contributed by atoms with Gasteiger partial charge in [-0.15, -0.1) is 0 Å². The molecular weight excluding hydrogens is 312 g/mol. The molecule has 0 fully saturated rings. The third kappa shape index (κ3) is 5.30. The van der Waals surface area contributed by atoms with E-state index < -0.39 is 10.8 Å². The van der Waals surface area contributed by atoms with E-state index in [1.165, 1.54) is 23.1 Å². The van der Waals surface area contributed by atoms with Crippen LogP contribution in [0.15, 0.2) is 18.2 Å². The highest BCUT2D eigenvalue weighted by Gasteiger charge is 2.19. The van der Waals surface area contributed by atoms with Gasteiger partial charge in [0.05, 0.1) is 12.0 Å². The number of hydrogen-bond donors (Lipinski definition) is 2. The summed E-state index contributed by atoms with van der Waals surface area (Å²) in [5, 5.41) is 13.7. The Morgan fingerprint density at radius 1 is 1.36 bits per heavy atom. The lowest BCUT2D eigenvalue weighted by atomic mass is 10.2. The Kier molecular flexibility index (Phi) is 6.26. The molecule has 0 aliphatic rings. The van der Waals surface area contributed by atoms with Crippen LogP contribution in [0, 0.1) is 10.1 Å². The molecule has 0 saturated heterocycles. The topological polar surface area (TPSA) is 97.0 Å². The molecule has 0 spiro atoms. The predicted molar refractivity (Wildman–Crippen MR) is 82.1 cm³/mol. The first-order valence-electron chi connectivity index (χ1n) is 6.46. The molecule has 9 heteroatoms. The van der Waals surface area contributed by atoms with Crippen molar-refractivity contribution < 1.29 is 19.4 Å². The minimum absolute atomic E-state index is 0.00322. The third-order valence-corrected chi connectivity index (χ3v) is 3.08. The normalized spacial score (nSPS) is 11.6. The molecule has 0 aliphatic carbocycles. The maximum atomic E-state index is 11.9. The van der Waals surface area contributed by atoms with Crippen molar-refractivity contribution in [1.29, 1.82) is 0 Å². The number of benzene rings is 1. The quantitative estimate of drug-likeness (QED) is 0.557. The van der Waals surface area contributed by atoms with E-state index in [1.807, 2.05) is 0 Å². The average molecular weight is 330 g/mol. The summed E-state index contributed by atoms with van der Waals surface area (Å²) in [5.41, 5.74) is -0.200. The molecule has 1 atom stereocenters. The van der Waals surface area contributed by atoms with Gasteiger partial charge < -0.3 is 15.1 Å². The van der Waals surface area contributed by atoms with Crippen LogP contribution in [0.1, 0.15) is 0 Å². The van der Waals surface area contributed by atoms with Gasteiger partial charge in [0.25, 0.3) is 17.5 Å². The lowest BCUT2D eigenvalue weighted by Crippen LogP contribution is -3.11. The van der Waals surface area contributed by atoms with Crippen molar-refractivity contribution in [3.05, 3.63) is 33.3 Å². The number of carbonyl (C=O) groups excluding carboxylic acids is 2. The van der Waals surface area contributed by atoms with Crippen LogP contribution < -0.4 is 10.2 Å². The summed E-state index contributed by atoms with van der Waals surface area (Å²) in [6.45, 7) is 0.154. The van der Waals surface area contributed by atoms with Crippen LogP contribution >= 0.6 is 11.6 Å². The number of nitro benzene ring substituents is 1. The van der Waals surface area contributed by atoms with Gasteiger partial charge in [0.15, 0.2) is 13.1 Å². The molecule has 0 bridgehead atoms. The summed E-state index contributed by atoms with van der Waals surface area (Å²) in [4.78, 5) is 35.9. The number of quaternary nitrogens is 1. The molecule has 1 aromatic carbocycles. The minimum Gasteiger partial charge on any atom is -0.344 e. The number of hydrogen-bond acceptors (Lipinski definition) is 4. The fourth-order valence-electron chi connectivity index (χ4n) is 1.71. The van der Waals surface area contributed by atoms with E-state index in [0.29, 0.717) is 4.90 Å². The minimum atomic E-state index is -0.599. The SMILES string of the molecule is CN(C)C(=O)C[NH+](C)CC(=O)Nc1cc(Cl)ccc1[N+](=O)[O-]. The first kappa shape index (κ1) is 17.9. The van der Waals surface area contributed by atoms with Crippen LogP contribution in [0.2, 0.25) is 5.02 Å². The third-order valence-electron chi connectivity index (χ3n) is 2.84. The molecule has 0 radical (unpaired) electrons. The van der Waals surface area contributed by atoms with Crippen LogP contribution in [0.25, 0.3) is 0 Å². The number of nitrogens with one attached hydrogen (secondary N) is 2. The fraction of sp³-hybridized carbons (Fsp3) is 0.385. The predicted octanol–water partition coefficient (Wildman–Crippen LogP) is -0.210. The molecule has 8 nitrogen and oxygen atoms in total. The summed E-state index contributed by atoms with van der Waals surface area (Å²) in [7, 11) is 4.95. The number of likely N-dealkylation sites (N-methyl/N-ethyl adjacent to an activating group) is 2. The molecule has 0 aromatic heterocycles. The van der Waals surface area contributed by atoms with E-state index in [9.17, 15) is 19.7 Å². The molecule has 1 rings (SSSR count). The molecule has 2 N–H and O–H groups in total. The summed E-state index contributed by atoms with van der Waals surface area (Å²) >= 11 is 5.79. The van der Waals surface area contributed by atoms with Gasteiger partial charge in [-0.1, -0.05) is 11.6 Å². The maximum Gasteiger partial charge on any atom is 0.292 e. The van der Waals surface area contributed by atoms with Crippen LogP contribution in [0.4, 0.5) is 11.4 Å². The second kappa shape index (κ2) is 7.71. The van der Waals surface area contributed by atoms with Gasteiger partial charge in [-0.2, -0.15) is 0 Å². The fourth-order valence-corrected chi connectivity index (χ4v) is 1.89. The van der Waals surface area contributed by atoms with Gasteiger partial charge in [0.2, 0.25) is 0 Å². The van der Waals surface area contributed by atoms with Gasteiger partial charge >= 0.3 is 0 Å². The standard InChI is InChI=1S/C13H17ClN4O4/c1-16(2)13(20)8-17(3)7-12(19)15-10-6-9(14)4-5-11(10)18(21)22/h4-6H,7-8H2,1-3H3,(H,15,19)/p+1. The molecule has 0 saturated carbocycles. The number of carbonyl (C=O) groups is 2. The van der Waals surface area contributed by atoms with E-state index >= 15 is 0 Å². The van der Waals surface area contributed by atoms with Gasteiger partial charge in [0, 0.05) is 25.2 Å². The van der Waals surface area contributed by atoms with E-state index in [1.54, 1.807) is 21.1 Å². The van der Waals surface area contributed by atoms with E-state index in [4.69, 9.17) is 11.6 Å². The number of anilines is 1. The summed E-state index contributed by atoms with van der Waals surface area (Å²) in [6, 6.07) is 3.92. The van der Waals surface area contributed by atoms with Crippen LogP contribution in [0.5, 0.6) is 0 Å². The zero-order valence-electron chi connectivity index (χ0n) is 12.6. The Labute approximate surface area is 132 Å². The Morgan fingerprint density at radius 3 is 2.55 bits per heavy atom. The van der Waals surface area contributed by atoms with Crippen molar-refractivity contribution >= 4 is 34.8 Å². The van der Waals surface area contributed by atoms with E-state index in [-0.39, 0.29) is 35.4 Å². The van der Waals surface area contributed by atoms with Crippen LogP contribution in [-0.2, 0) is 9.59 Å². The Hall–Kier alpha value is -2.19. The van der Waals surface area contributed by atoms with Crippen molar-refractivity contribution in [3.8, 4) is 0 Å². The van der Waals surface area contributed by atoms with Crippen molar-refractivity contribution in [2.24, 2.45) is 0 Å². The summed E-state index contributed by atoms with van der Waals surface area (Å²) in [5.74, 6) is -0.548. The largest absolute Gasteiger partial charge is 0.344 e. The van der Waals surface area contributed by atoms with Gasteiger partial charge in [-0.05, 0) is 12.1 Å². The smallest absolute Gasteiger partial charge is 0.292 e. The second-order valence-corrected chi connectivity index (χ2v) is 5.50. The Bertz CT molecular complexity index is 591. The first-order chi connectivity index (χ1) is 10.2. The number of amides is 2. The van der Waals surface area contributed by atoms with E-state index in [0.717, 1.165) is 0 Å².